The Morgan fingerprint density at radius 3 is 2.59 bits per heavy atom. The van der Waals surface area contributed by atoms with Gasteiger partial charge in [-0.2, -0.15) is 0 Å². The van der Waals surface area contributed by atoms with Gasteiger partial charge in [0.15, 0.2) is 6.29 Å². The van der Waals surface area contributed by atoms with E-state index in [-0.39, 0.29) is 11.9 Å². The highest BCUT2D eigenvalue weighted by Crippen LogP contribution is 2.18. The van der Waals surface area contributed by atoms with Gasteiger partial charge in [-0.15, -0.1) is 0 Å². The van der Waals surface area contributed by atoms with Gasteiger partial charge in [0.1, 0.15) is 0 Å². The van der Waals surface area contributed by atoms with Gasteiger partial charge in [-0.05, 0) is 18.9 Å². The van der Waals surface area contributed by atoms with Gasteiger partial charge in [0.2, 0.25) is 0 Å². The van der Waals surface area contributed by atoms with E-state index < -0.39 is 0 Å². The van der Waals surface area contributed by atoms with Crippen LogP contribution >= 0.6 is 0 Å². The summed E-state index contributed by atoms with van der Waals surface area (Å²) in [5, 5.41) is 0. The van der Waals surface area contributed by atoms with Crippen molar-refractivity contribution in [3.05, 3.63) is 47.5 Å². The molecule has 3 heteroatoms. The number of rotatable bonds is 3. The molecule has 3 nitrogen and oxygen atoms in total. The largest absolute Gasteiger partial charge is 0.338 e. The van der Waals surface area contributed by atoms with Crippen LogP contribution < -0.4 is 0 Å². The smallest absolute Gasteiger partial charge is 0.254 e. The molecule has 0 saturated heterocycles. The van der Waals surface area contributed by atoms with Crippen LogP contribution in [0.3, 0.4) is 0 Å². The van der Waals surface area contributed by atoms with Gasteiger partial charge in [-0.25, -0.2) is 0 Å². The molecule has 0 aliphatic heterocycles. The highest BCUT2D eigenvalue weighted by molar-refractivity contribution is 6.01. The molecule has 0 aromatic heterocycles. The molecule has 0 heterocycles. The van der Waals surface area contributed by atoms with Gasteiger partial charge in [0.05, 0.1) is 5.56 Å². The van der Waals surface area contributed by atoms with E-state index in [4.69, 9.17) is 0 Å². The molecule has 1 aromatic rings. The summed E-state index contributed by atoms with van der Waals surface area (Å²) >= 11 is 0. The van der Waals surface area contributed by atoms with Crippen molar-refractivity contribution < 1.29 is 9.59 Å². The topological polar surface area (TPSA) is 37.4 Å². The molecule has 17 heavy (non-hydrogen) atoms. The van der Waals surface area contributed by atoms with Gasteiger partial charge in [-0.1, -0.05) is 30.4 Å². The molecule has 88 valence electrons. The molecule has 0 N–H and O–H groups in total. The minimum atomic E-state index is -0.0820. The lowest BCUT2D eigenvalue weighted by atomic mass is 10.1. The predicted octanol–water partition coefficient (Wildman–Crippen LogP) is 2.29. The lowest BCUT2D eigenvalue weighted by Crippen LogP contribution is -2.35. The molecule has 0 saturated carbocycles. The Morgan fingerprint density at radius 2 is 1.94 bits per heavy atom. The summed E-state index contributed by atoms with van der Waals surface area (Å²) in [6.45, 7) is 0. The Labute approximate surface area is 101 Å². The fourth-order valence-electron chi connectivity index (χ4n) is 2.07. The highest BCUT2D eigenvalue weighted by Gasteiger charge is 2.22. The molecule has 0 bridgehead atoms. The summed E-state index contributed by atoms with van der Waals surface area (Å²) in [5.74, 6) is -0.0820. The molecular weight excluding hydrogens is 214 g/mol. The van der Waals surface area contributed by atoms with E-state index in [0.29, 0.717) is 11.1 Å². The number of carbonyl (C=O) groups is 2. The molecule has 0 unspecified atom stereocenters. The first-order chi connectivity index (χ1) is 8.24. The van der Waals surface area contributed by atoms with E-state index in [9.17, 15) is 9.59 Å². The second kappa shape index (κ2) is 4.95. The van der Waals surface area contributed by atoms with Crippen molar-refractivity contribution >= 4 is 12.2 Å². The van der Waals surface area contributed by atoms with E-state index in [1.165, 1.54) is 0 Å². The number of aldehydes is 1. The lowest BCUT2D eigenvalue weighted by Gasteiger charge is -2.24. The summed E-state index contributed by atoms with van der Waals surface area (Å²) in [6.07, 6.45) is 6.69. The van der Waals surface area contributed by atoms with Crippen molar-refractivity contribution in [3.63, 3.8) is 0 Å². The third kappa shape index (κ3) is 2.28. The van der Waals surface area contributed by atoms with Crippen LogP contribution in [0.15, 0.2) is 36.4 Å². The molecule has 1 aliphatic carbocycles. The molecule has 0 fully saturated rings. The Hall–Kier alpha value is -1.90. The number of nitrogens with zero attached hydrogens (tertiary/aromatic N) is 1. The summed E-state index contributed by atoms with van der Waals surface area (Å²) in [6, 6.07) is 7.13. The summed E-state index contributed by atoms with van der Waals surface area (Å²) in [5.41, 5.74) is 0.937. The molecule has 0 spiro atoms. The van der Waals surface area contributed by atoms with E-state index in [2.05, 4.69) is 12.2 Å². The zero-order valence-electron chi connectivity index (χ0n) is 9.80. The molecule has 1 aliphatic rings. The van der Waals surface area contributed by atoms with Crippen LogP contribution in [0.2, 0.25) is 0 Å². The molecule has 1 aromatic carbocycles. The molecular formula is C14H15NO2. The van der Waals surface area contributed by atoms with Crippen molar-refractivity contribution in [2.45, 2.75) is 18.9 Å². The monoisotopic (exact) mass is 229 g/mol. The molecule has 1 amide bonds. The van der Waals surface area contributed by atoms with E-state index >= 15 is 0 Å². The van der Waals surface area contributed by atoms with Crippen molar-refractivity contribution in [1.82, 2.24) is 4.90 Å². The summed E-state index contributed by atoms with van der Waals surface area (Å²) in [4.78, 5) is 24.9. The highest BCUT2D eigenvalue weighted by atomic mass is 16.2. The maximum absolute atomic E-state index is 12.3. The van der Waals surface area contributed by atoms with E-state index in [1.807, 2.05) is 0 Å². The predicted molar refractivity (Wildman–Crippen MR) is 66.1 cm³/mol. The normalized spacial score (nSPS) is 14.9. The van der Waals surface area contributed by atoms with Crippen LogP contribution in [-0.4, -0.2) is 30.2 Å². The van der Waals surface area contributed by atoms with Gasteiger partial charge < -0.3 is 4.90 Å². The van der Waals surface area contributed by atoms with Gasteiger partial charge in [-0.3, -0.25) is 9.59 Å². The SMILES string of the molecule is CN(C(=O)c1ccccc1C=O)C1CC=CC1. The second-order valence-corrected chi connectivity index (χ2v) is 4.22. The van der Waals surface area contributed by atoms with Gasteiger partial charge in [0.25, 0.3) is 5.91 Å². The fourth-order valence-corrected chi connectivity index (χ4v) is 2.07. The van der Waals surface area contributed by atoms with Crippen LogP contribution in [0.25, 0.3) is 0 Å². The third-order valence-electron chi connectivity index (χ3n) is 3.17. The van der Waals surface area contributed by atoms with Crippen LogP contribution in [0, 0.1) is 0 Å². The number of amides is 1. The fraction of sp³-hybridized carbons (Fsp3) is 0.286. The van der Waals surface area contributed by atoms with E-state index in [0.717, 1.165) is 19.1 Å². The quantitative estimate of drug-likeness (QED) is 0.589. The van der Waals surface area contributed by atoms with Crippen molar-refractivity contribution in [2.24, 2.45) is 0 Å². The summed E-state index contributed by atoms with van der Waals surface area (Å²) in [7, 11) is 1.79. The Morgan fingerprint density at radius 1 is 1.29 bits per heavy atom. The molecule has 0 radical (unpaired) electrons. The maximum atomic E-state index is 12.3. The Bertz CT molecular complexity index is 457. The molecule has 0 atom stereocenters. The third-order valence-corrected chi connectivity index (χ3v) is 3.17. The van der Waals surface area contributed by atoms with Crippen molar-refractivity contribution in [3.8, 4) is 0 Å². The standard InChI is InChI=1S/C14H15NO2/c1-15(12-7-3-4-8-12)14(17)13-9-5-2-6-11(13)10-16/h2-6,9-10,12H,7-8H2,1H3. The van der Waals surface area contributed by atoms with Crippen LogP contribution in [0.5, 0.6) is 0 Å². The minimum Gasteiger partial charge on any atom is -0.338 e. The van der Waals surface area contributed by atoms with Crippen LogP contribution in [-0.2, 0) is 0 Å². The van der Waals surface area contributed by atoms with Gasteiger partial charge in [0, 0.05) is 18.7 Å². The van der Waals surface area contributed by atoms with Gasteiger partial charge >= 0.3 is 0 Å². The zero-order chi connectivity index (χ0) is 12.3. The number of hydrogen-bond acceptors (Lipinski definition) is 2. The van der Waals surface area contributed by atoms with Crippen LogP contribution in [0.4, 0.5) is 0 Å². The average molecular weight is 229 g/mol. The number of benzene rings is 1. The number of hydrogen-bond donors (Lipinski definition) is 0. The first kappa shape index (κ1) is 11.6. The zero-order valence-corrected chi connectivity index (χ0v) is 9.80. The van der Waals surface area contributed by atoms with E-state index in [1.54, 1.807) is 36.2 Å². The summed E-state index contributed by atoms with van der Waals surface area (Å²) < 4.78 is 0. The average Bonchev–Trinajstić information content (AvgIpc) is 2.90. The van der Waals surface area contributed by atoms with Crippen molar-refractivity contribution in [1.29, 1.82) is 0 Å². The van der Waals surface area contributed by atoms with Crippen LogP contribution in [0.1, 0.15) is 33.6 Å². The second-order valence-electron chi connectivity index (χ2n) is 4.22. The van der Waals surface area contributed by atoms with Crippen molar-refractivity contribution in [2.75, 3.05) is 7.05 Å². The molecule has 2 rings (SSSR count). The maximum Gasteiger partial charge on any atom is 0.254 e. The Kier molecular flexibility index (Phi) is 3.38. The Balaban J connectivity index is 2.21. The lowest BCUT2D eigenvalue weighted by molar-refractivity contribution is 0.0736. The number of carbonyl (C=O) groups excluding carboxylic acids is 2. The first-order valence-electron chi connectivity index (χ1n) is 5.70. The minimum absolute atomic E-state index is 0.0820. The first-order valence-corrected chi connectivity index (χ1v) is 5.70.